The van der Waals surface area contributed by atoms with E-state index in [0.29, 0.717) is 18.4 Å². The summed E-state index contributed by atoms with van der Waals surface area (Å²) in [5, 5.41) is 41.6. The van der Waals surface area contributed by atoms with Crippen molar-refractivity contribution >= 4 is 71.1 Å². The molecule has 10 atom stereocenters. The van der Waals surface area contributed by atoms with Gasteiger partial charge in [-0.25, -0.2) is 10.6 Å². The average molecular weight is 1200 g/mol. The molecule has 0 bridgehead atoms. The van der Waals surface area contributed by atoms with Gasteiger partial charge in [0.05, 0.1) is 25.6 Å². The molecule has 0 aromatic heterocycles. The first-order chi connectivity index (χ1) is 40.7. The third kappa shape index (κ3) is 19.8. The number of carbonyl (C=O) groups is 12. The van der Waals surface area contributed by atoms with Gasteiger partial charge in [-0.15, -0.1) is 0 Å². The summed E-state index contributed by atoms with van der Waals surface area (Å²) < 4.78 is 0. The number of primary amides is 1. The molecule has 0 unspecified atom stereocenters. The van der Waals surface area contributed by atoms with Crippen LogP contribution in [0.15, 0.2) is 91.0 Å². The number of nitrogens with two attached hydrogens (primary N) is 2. The summed E-state index contributed by atoms with van der Waals surface area (Å²) in [5.41, 5.74) is 7.72. The van der Waals surface area contributed by atoms with E-state index in [1.165, 1.54) is 16.7 Å². The van der Waals surface area contributed by atoms with Gasteiger partial charge in [0.1, 0.15) is 54.4 Å². The van der Waals surface area contributed by atoms with E-state index in [2.05, 4.69) is 42.5 Å². The first-order valence-electron chi connectivity index (χ1n) is 28.6. The summed E-state index contributed by atoms with van der Waals surface area (Å²) in [4.78, 5) is 164. The Bertz CT molecular complexity index is 2880. The number of hydrogen-bond acceptors (Lipinski definition) is 14. The number of rotatable bonds is 29. The van der Waals surface area contributed by atoms with Crippen LogP contribution in [0, 0.1) is 11.8 Å². The number of urea groups is 1. The van der Waals surface area contributed by atoms with Crippen LogP contribution in [-0.2, 0) is 72.1 Å². The van der Waals surface area contributed by atoms with Crippen LogP contribution in [0.4, 0.5) is 4.79 Å². The second-order valence-electron chi connectivity index (χ2n) is 22.2. The lowest BCUT2D eigenvalue weighted by Gasteiger charge is -2.32. The quantitative estimate of drug-likeness (QED) is 0.0216. The van der Waals surface area contributed by atoms with Crippen LogP contribution >= 0.6 is 0 Å². The average Bonchev–Trinajstić information content (AvgIpc) is 4.11. The minimum atomic E-state index is -1.88. The molecule has 3 aromatic rings. The third-order valence-electron chi connectivity index (χ3n) is 14.7. The number of amides is 12. The molecule has 27 heteroatoms. The van der Waals surface area contributed by atoms with E-state index in [9.17, 15) is 67.7 Å². The zero-order valence-corrected chi connectivity index (χ0v) is 49.2. The fourth-order valence-electron chi connectivity index (χ4n) is 9.94. The van der Waals surface area contributed by atoms with Gasteiger partial charge in [-0.05, 0) is 68.1 Å². The number of aliphatic hydroxyl groups excluding tert-OH is 1. The highest BCUT2D eigenvalue weighted by molar-refractivity contribution is 5.99. The van der Waals surface area contributed by atoms with Gasteiger partial charge in [0.25, 0.3) is 0 Å². The Morgan fingerprint density at radius 2 is 1.03 bits per heavy atom. The summed E-state index contributed by atoms with van der Waals surface area (Å²) in [6.45, 7) is 8.62. The standard InChI is InChI=1S/C59H81N13O14/c1-33(2)47(67-53(80)42(30-46(75)76)66-57(84)49(36(6)73)68-55(82)44-25-17-27-71(44)58(85)48(34(3)4)69-59(86)72(61)32-39-22-14-9-15-23-39)56(83)62-31-45(74)70-26-16-24-43(70)54(81)65-41(29-38-20-12-8-13-21-38)52(79)63-35(5)51(78)64-40(50(60)77)28-37-18-10-7-11-19-37/h7-15,18-23,33-36,40-44,47-49,73H,16-17,24-32,61H2,1-6H3,(H2,60,77)(H,62,83)(H,63,79)(H,64,78)(H,65,81)(H,66,84)(H,67,80)(H,68,82)(H,69,86)(H,75,76)/t35-,36+,40-,41-,42-,43-,44-,47-,48-,49-/m0/s1. The SMILES string of the molecule is CC(C)[C@H](NC(=O)[C@H](CC(=O)O)NC(=O)[C@@H](NC(=O)[C@@H]1CCCN1C(=O)[C@@H](NC(=O)N(N)Cc1ccccc1)C(C)C)[C@@H](C)O)C(=O)NCC(=O)N1CCC[C@H]1C(=O)N[C@@H](Cc1ccccc1)C(=O)N[C@@H](C)C(=O)N[C@@H](Cc1ccccc1)C(N)=O. The molecule has 0 saturated carbocycles. The normalized spacial score (nSPS) is 17.5. The van der Waals surface area contributed by atoms with Gasteiger partial charge >= 0.3 is 12.0 Å². The smallest absolute Gasteiger partial charge is 0.332 e. The Balaban J connectivity index is 1.19. The van der Waals surface area contributed by atoms with Crippen molar-refractivity contribution in [3.63, 3.8) is 0 Å². The number of nitrogens with one attached hydrogen (secondary N) is 8. The van der Waals surface area contributed by atoms with E-state index >= 15 is 0 Å². The highest BCUT2D eigenvalue weighted by Crippen LogP contribution is 2.22. The van der Waals surface area contributed by atoms with Crippen molar-refractivity contribution in [2.24, 2.45) is 23.4 Å². The largest absolute Gasteiger partial charge is 0.481 e. The topological polar surface area (TPSA) is 403 Å². The molecule has 12 amide bonds. The Labute approximate surface area is 498 Å². The van der Waals surface area contributed by atoms with E-state index in [0.717, 1.165) is 23.1 Å². The predicted octanol–water partition coefficient (Wildman–Crippen LogP) is -1.39. The van der Waals surface area contributed by atoms with Crippen molar-refractivity contribution in [1.82, 2.24) is 57.3 Å². The molecule has 2 heterocycles. The molecule has 3 aromatic carbocycles. The number of aliphatic hydroxyl groups is 1. The number of carboxylic acids is 1. The second kappa shape index (κ2) is 32.3. The molecular formula is C59H81N13O14. The number of hydrazine groups is 1. The van der Waals surface area contributed by atoms with Gasteiger partial charge in [-0.3, -0.25) is 57.7 Å². The number of likely N-dealkylation sites (tertiary alicyclic amines) is 2. The van der Waals surface area contributed by atoms with E-state index in [1.807, 2.05) is 0 Å². The highest BCUT2D eigenvalue weighted by atomic mass is 16.4. The van der Waals surface area contributed by atoms with Gasteiger partial charge in [0.15, 0.2) is 0 Å². The van der Waals surface area contributed by atoms with Gasteiger partial charge < -0.3 is 68.3 Å². The third-order valence-corrected chi connectivity index (χ3v) is 14.7. The highest BCUT2D eigenvalue weighted by Gasteiger charge is 2.42. The van der Waals surface area contributed by atoms with Crippen molar-refractivity contribution in [1.29, 1.82) is 0 Å². The molecule has 2 fully saturated rings. The van der Waals surface area contributed by atoms with Gasteiger partial charge in [-0.2, -0.15) is 0 Å². The van der Waals surface area contributed by atoms with Crippen LogP contribution in [0.2, 0.25) is 0 Å². The van der Waals surface area contributed by atoms with E-state index in [1.54, 1.807) is 119 Å². The number of aliphatic carboxylic acids is 1. The number of carboxylic acid groups (broad SMARTS) is 1. The van der Waals surface area contributed by atoms with Gasteiger partial charge in [0.2, 0.25) is 59.1 Å². The molecule has 2 saturated heterocycles. The summed E-state index contributed by atoms with van der Waals surface area (Å²) in [6, 6.07) is 13.7. The Kier molecular flexibility index (Phi) is 25.5. The minimum absolute atomic E-state index is 0.0175. The predicted molar refractivity (Wildman–Crippen MR) is 311 cm³/mol. The van der Waals surface area contributed by atoms with Crippen LogP contribution in [0.3, 0.4) is 0 Å². The maximum Gasteiger partial charge on any atom is 0.332 e. The molecule has 466 valence electrons. The zero-order valence-electron chi connectivity index (χ0n) is 49.2. The molecule has 0 radical (unpaired) electrons. The van der Waals surface area contributed by atoms with Gasteiger partial charge in [-0.1, -0.05) is 119 Å². The molecule has 86 heavy (non-hydrogen) atoms. The van der Waals surface area contributed by atoms with E-state index in [4.69, 9.17) is 11.6 Å². The monoisotopic (exact) mass is 1200 g/mol. The summed E-state index contributed by atoms with van der Waals surface area (Å²) in [7, 11) is 0. The number of hydrogen-bond donors (Lipinski definition) is 12. The van der Waals surface area contributed by atoms with Gasteiger partial charge in [0, 0.05) is 25.9 Å². The fourth-order valence-corrected chi connectivity index (χ4v) is 9.94. The number of nitrogens with zero attached hydrogens (tertiary/aromatic N) is 3. The fraction of sp³-hybridized carbons (Fsp3) is 0.492. The van der Waals surface area contributed by atoms with Crippen LogP contribution in [0.5, 0.6) is 0 Å². The Hall–Kier alpha value is -8.98. The molecule has 14 N–H and O–H groups in total. The Morgan fingerprint density at radius 3 is 1.56 bits per heavy atom. The lowest BCUT2D eigenvalue weighted by molar-refractivity contribution is -0.143. The molecular weight excluding hydrogens is 1110 g/mol. The Morgan fingerprint density at radius 1 is 0.547 bits per heavy atom. The maximum absolute atomic E-state index is 14.0. The molecule has 0 aliphatic carbocycles. The van der Waals surface area contributed by atoms with Crippen molar-refractivity contribution in [2.75, 3.05) is 19.6 Å². The maximum atomic E-state index is 14.0. The molecule has 2 aliphatic rings. The molecule has 27 nitrogen and oxygen atoms in total. The van der Waals surface area contributed by atoms with E-state index < -0.39 is 156 Å². The van der Waals surface area contributed by atoms with Crippen molar-refractivity contribution in [2.45, 2.75) is 154 Å². The molecule has 0 spiro atoms. The minimum Gasteiger partial charge on any atom is -0.481 e. The zero-order chi connectivity index (χ0) is 63.4. The first kappa shape index (κ1) is 67.8. The first-order valence-corrected chi connectivity index (χ1v) is 28.6. The molecule has 5 rings (SSSR count). The van der Waals surface area contributed by atoms with Crippen molar-refractivity contribution in [3.05, 3.63) is 108 Å². The van der Waals surface area contributed by atoms with Crippen LogP contribution in [0.25, 0.3) is 0 Å². The van der Waals surface area contributed by atoms with Crippen molar-refractivity contribution < 1.29 is 67.7 Å². The molecule has 2 aliphatic heterocycles. The van der Waals surface area contributed by atoms with Crippen LogP contribution < -0.4 is 54.1 Å². The lowest BCUT2D eigenvalue weighted by atomic mass is 10.0. The number of carbonyl (C=O) groups excluding carboxylic acids is 11. The van der Waals surface area contributed by atoms with Crippen LogP contribution in [-0.4, -0.2) is 176 Å². The van der Waals surface area contributed by atoms with E-state index in [-0.39, 0.29) is 45.3 Å². The summed E-state index contributed by atoms with van der Waals surface area (Å²) in [6.07, 6.45) is -1.50. The number of benzene rings is 3. The van der Waals surface area contributed by atoms with Crippen molar-refractivity contribution in [3.8, 4) is 0 Å². The second-order valence-corrected chi connectivity index (χ2v) is 22.2. The van der Waals surface area contributed by atoms with Crippen LogP contribution in [0.1, 0.15) is 90.3 Å². The summed E-state index contributed by atoms with van der Waals surface area (Å²) in [5.74, 6) is -4.99. The summed E-state index contributed by atoms with van der Waals surface area (Å²) >= 11 is 0. The lowest BCUT2D eigenvalue weighted by Crippen LogP contribution is -2.62.